The van der Waals surface area contributed by atoms with Crippen LogP contribution in [-0.4, -0.2) is 18.8 Å². The fourth-order valence-electron chi connectivity index (χ4n) is 3.94. The van der Waals surface area contributed by atoms with Crippen LogP contribution in [0.5, 0.6) is 5.75 Å². The number of carbonyl (C=O) groups is 1. The van der Waals surface area contributed by atoms with E-state index in [4.69, 9.17) is 4.74 Å². The zero-order chi connectivity index (χ0) is 20.9. The lowest BCUT2D eigenvalue weighted by Crippen LogP contribution is -2.42. The molecule has 3 rings (SSSR count). The molecular weight excluding hydrogens is 446 g/mol. The molecule has 0 atom stereocenters. The molecule has 0 spiro atoms. The van der Waals surface area contributed by atoms with E-state index in [-0.39, 0.29) is 11.3 Å². The van der Waals surface area contributed by atoms with Gasteiger partial charge in [0.05, 0.1) is 22.7 Å². The number of unbranched alkanes of at least 4 members (excludes halogenated alkanes) is 2. The van der Waals surface area contributed by atoms with E-state index in [0.717, 1.165) is 70.8 Å². The minimum absolute atomic E-state index is 0.230. The Balaban J connectivity index is 2.16. The zero-order valence-electron chi connectivity index (χ0n) is 17.5. The van der Waals surface area contributed by atoms with Gasteiger partial charge in [0.15, 0.2) is 0 Å². The number of nitrogens with zero attached hydrogens (tertiary/aromatic N) is 1. The fourth-order valence-corrected chi connectivity index (χ4v) is 5.77. The van der Waals surface area contributed by atoms with Crippen LogP contribution in [0.15, 0.2) is 51.8 Å². The number of hydrogen-bond donors (Lipinski definition) is 0. The van der Waals surface area contributed by atoms with Gasteiger partial charge in [0.2, 0.25) is 5.91 Å². The third kappa shape index (κ3) is 4.66. The van der Waals surface area contributed by atoms with Gasteiger partial charge in [-0.15, -0.1) is 11.8 Å². The summed E-state index contributed by atoms with van der Waals surface area (Å²) >= 11 is 5.42. The van der Waals surface area contributed by atoms with Crippen LogP contribution in [0.3, 0.4) is 0 Å². The highest BCUT2D eigenvalue weighted by Crippen LogP contribution is 2.50. The molecule has 0 bridgehead atoms. The smallest absolute Gasteiger partial charge is 0.238 e. The summed E-state index contributed by atoms with van der Waals surface area (Å²) in [5, 5.41) is 0. The van der Waals surface area contributed by atoms with Gasteiger partial charge in [-0.05, 0) is 53.0 Å². The van der Waals surface area contributed by atoms with E-state index in [1.807, 2.05) is 41.3 Å². The number of carbonyl (C=O) groups excluding carboxylic acids is 1. The first-order valence-corrected chi connectivity index (χ1v) is 12.2. The molecule has 0 N–H and O–H groups in total. The molecular formula is C24H30BrNO2S. The number of hydrogen-bond acceptors (Lipinski definition) is 3. The minimum atomic E-state index is -0.342. The second-order valence-electron chi connectivity index (χ2n) is 7.71. The molecule has 0 unspecified atom stereocenters. The van der Waals surface area contributed by atoms with Gasteiger partial charge in [-0.25, -0.2) is 0 Å². The Labute approximate surface area is 187 Å². The van der Waals surface area contributed by atoms with Crippen molar-refractivity contribution in [1.29, 1.82) is 0 Å². The van der Waals surface area contributed by atoms with Gasteiger partial charge in [0, 0.05) is 16.3 Å². The summed E-state index contributed by atoms with van der Waals surface area (Å²) in [6, 6.07) is 14.1. The highest BCUT2D eigenvalue weighted by molar-refractivity contribution is 9.10. The van der Waals surface area contributed by atoms with E-state index in [2.05, 4.69) is 35.8 Å². The first kappa shape index (κ1) is 22.2. The van der Waals surface area contributed by atoms with Crippen molar-refractivity contribution in [2.45, 2.75) is 57.3 Å². The molecule has 0 aromatic heterocycles. The average molecular weight is 476 g/mol. The molecule has 0 fully saturated rings. The highest BCUT2D eigenvalue weighted by Gasteiger charge is 2.44. The van der Waals surface area contributed by atoms with Crippen molar-refractivity contribution in [3.05, 3.63) is 46.9 Å². The quantitative estimate of drug-likeness (QED) is 0.393. The van der Waals surface area contributed by atoms with E-state index < -0.39 is 0 Å². The van der Waals surface area contributed by atoms with Crippen LogP contribution in [0.2, 0.25) is 0 Å². The molecule has 29 heavy (non-hydrogen) atoms. The van der Waals surface area contributed by atoms with Crippen molar-refractivity contribution >= 4 is 45.0 Å². The third-order valence-electron chi connectivity index (χ3n) is 5.67. The summed E-state index contributed by atoms with van der Waals surface area (Å²) in [7, 11) is 1.68. The largest absolute Gasteiger partial charge is 0.496 e. The number of para-hydroxylation sites is 1. The van der Waals surface area contributed by atoms with Crippen molar-refractivity contribution < 1.29 is 9.53 Å². The van der Waals surface area contributed by atoms with Gasteiger partial charge in [-0.1, -0.05) is 57.7 Å². The number of rotatable bonds is 8. The summed E-state index contributed by atoms with van der Waals surface area (Å²) in [6.45, 7) is 4.40. The molecule has 2 aromatic rings. The SMILES string of the molecule is CCCCC1(CCCC)CSc2cc(OC)c(Br)cc2N(c2ccccc2)C1=O. The molecule has 1 aliphatic rings. The molecule has 1 aliphatic heterocycles. The van der Waals surface area contributed by atoms with Gasteiger partial charge < -0.3 is 4.74 Å². The normalized spacial score (nSPS) is 15.7. The molecule has 2 aromatic carbocycles. The lowest BCUT2D eigenvalue weighted by molar-refractivity contribution is -0.127. The van der Waals surface area contributed by atoms with E-state index >= 15 is 0 Å². The highest BCUT2D eigenvalue weighted by atomic mass is 79.9. The summed E-state index contributed by atoms with van der Waals surface area (Å²) < 4.78 is 6.40. The second kappa shape index (κ2) is 10.0. The lowest BCUT2D eigenvalue weighted by atomic mass is 9.78. The monoisotopic (exact) mass is 475 g/mol. The van der Waals surface area contributed by atoms with Crippen LogP contribution in [0.25, 0.3) is 0 Å². The van der Waals surface area contributed by atoms with Crippen LogP contribution in [0.4, 0.5) is 11.4 Å². The molecule has 0 aliphatic carbocycles. The van der Waals surface area contributed by atoms with Gasteiger partial charge in [0.1, 0.15) is 5.75 Å². The Morgan fingerprint density at radius 2 is 1.76 bits per heavy atom. The summed E-state index contributed by atoms with van der Waals surface area (Å²) in [6.07, 6.45) is 6.22. The molecule has 0 saturated carbocycles. The number of thioether (sulfide) groups is 1. The third-order valence-corrected chi connectivity index (χ3v) is 7.62. The van der Waals surface area contributed by atoms with Crippen molar-refractivity contribution in [1.82, 2.24) is 0 Å². The van der Waals surface area contributed by atoms with Crippen LogP contribution in [0, 0.1) is 5.41 Å². The van der Waals surface area contributed by atoms with Gasteiger partial charge in [-0.2, -0.15) is 0 Å². The van der Waals surface area contributed by atoms with Crippen molar-refractivity contribution in [2.24, 2.45) is 5.41 Å². The van der Waals surface area contributed by atoms with Crippen LogP contribution in [-0.2, 0) is 4.79 Å². The topological polar surface area (TPSA) is 29.5 Å². The Morgan fingerprint density at radius 3 is 2.34 bits per heavy atom. The maximum atomic E-state index is 14.2. The van der Waals surface area contributed by atoms with Crippen molar-refractivity contribution in [3.8, 4) is 5.75 Å². The molecule has 1 amide bonds. The van der Waals surface area contributed by atoms with Gasteiger partial charge in [-0.3, -0.25) is 9.69 Å². The number of ether oxygens (including phenoxy) is 1. The molecule has 0 radical (unpaired) electrons. The zero-order valence-corrected chi connectivity index (χ0v) is 19.9. The summed E-state index contributed by atoms with van der Waals surface area (Å²) in [5.41, 5.74) is 1.52. The Morgan fingerprint density at radius 1 is 1.10 bits per heavy atom. The van der Waals surface area contributed by atoms with Crippen LogP contribution >= 0.6 is 27.7 Å². The van der Waals surface area contributed by atoms with E-state index in [1.165, 1.54) is 0 Å². The standard InChI is InChI=1S/C24H30BrNO2S/c1-4-6-13-24(14-7-5-2)17-29-22-16-21(28-3)19(25)15-20(22)26(23(24)27)18-11-9-8-10-12-18/h8-12,15-16H,4-7,13-14,17H2,1-3H3. The first-order chi connectivity index (χ1) is 14.1. The predicted molar refractivity (Wildman–Crippen MR) is 126 cm³/mol. The summed E-state index contributed by atoms with van der Waals surface area (Å²) in [4.78, 5) is 17.2. The number of methoxy groups -OCH3 is 1. The van der Waals surface area contributed by atoms with Crippen LogP contribution < -0.4 is 9.64 Å². The lowest BCUT2D eigenvalue weighted by Gasteiger charge is -2.35. The molecule has 5 heteroatoms. The van der Waals surface area contributed by atoms with Crippen molar-refractivity contribution in [2.75, 3.05) is 17.8 Å². The Hall–Kier alpha value is -1.46. The molecule has 1 heterocycles. The number of amides is 1. The number of anilines is 2. The van der Waals surface area contributed by atoms with Gasteiger partial charge >= 0.3 is 0 Å². The number of fused-ring (bicyclic) bond motifs is 1. The van der Waals surface area contributed by atoms with E-state index in [1.54, 1.807) is 18.9 Å². The molecule has 3 nitrogen and oxygen atoms in total. The summed E-state index contributed by atoms with van der Waals surface area (Å²) in [5.74, 6) is 1.84. The Kier molecular flexibility index (Phi) is 7.69. The van der Waals surface area contributed by atoms with E-state index in [0.29, 0.717) is 0 Å². The average Bonchev–Trinajstić information content (AvgIpc) is 2.85. The fraction of sp³-hybridized carbons (Fsp3) is 0.458. The Bertz CT molecular complexity index is 832. The van der Waals surface area contributed by atoms with Gasteiger partial charge in [0.25, 0.3) is 0 Å². The number of halogens is 1. The first-order valence-electron chi connectivity index (χ1n) is 10.5. The molecule has 0 saturated heterocycles. The number of benzene rings is 2. The van der Waals surface area contributed by atoms with Crippen molar-refractivity contribution in [3.63, 3.8) is 0 Å². The molecule has 156 valence electrons. The van der Waals surface area contributed by atoms with Crippen LogP contribution in [0.1, 0.15) is 52.4 Å². The predicted octanol–water partition coefficient (Wildman–Crippen LogP) is 7.59. The maximum Gasteiger partial charge on any atom is 0.238 e. The minimum Gasteiger partial charge on any atom is -0.496 e. The maximum absolute atomic E-state index is 14.2. The second-order valence-corrected chi connectivity index (χ2v) is 9.58. The van der Waals surface area contributed by atoms with E-state index in [9.17, 15) is 4.79 Å².